The van der Waals surface area contributed by atoms with Gasteiger partial charge in [-0.1, -0.05) is 6.92 Å². The number of carbonyl (C=O) groups excluding carboxylic acids is 1. The van der Waals surface area contributed by atoms with Gasteiger partial charge in [0.05, 0.1) is 36.3 Å². The number of fused-ring (bicyclic) bond motifs is 1. The number of aryl methyl sites for hydroxylation is 2. The Labute approximate surface area is 161 Å². The largest absolute Gasteiger partial charge is 0.453 e. The summed E-state index contributed by atoms with van der Waals surface area (Å²) >= 11 is 0. The lowest BCUT2D eigenvalue weighted by Gasteiger charge is -2.14. The van der Waals surface area contributed by atoms with Crippen molar-refractivity contribution in [2.24, 2.45) is 7.05 Å². The van der Waals surface area contributed by atoms with Crippen molar-refractivity contribution < 1.29 is 13.9 Å². The molecule has 0 saturated carbocycles. The third-order valence-corrected chi connectivity index (χ3v) is 4.52. The number of amides is 1. The maximum atomic E-state index is 14.5. The van der Waals surface area contributed by atoms with E-state index in [4.69, 9.17) is 5.26 Å². The highest BCUT2D eigenvalue weighted by molar-refractivity contribution is 5.99. The minimum atomic E-state index is -0.601. The smallest absolute Gasteiger partial charge is 0.411 e. The Morgan fingerprint density at radius 1 is 1.36 bits per heavy atom. The maximum Gasteiger partial charge on any atom is 0.411 e. The second kappa shape index (κ2) is 7.96. The van der Waals surface area contributed by atoms with Crippen LogP contribution in [0.1, 0.15) is 23.6 Å². The van der Waals surface area contributed by atoms with Crippen LogP contribution in [0.15, 0.2) is 30.6 Å². The average molecular weight is 381 g/mol. The van der Waals surface area contributed by atoms with Crippen molar-refractivity contribution in [3.05, 3.63) is 53.1 Å². The molecule has 0 spiro atoms. The van der Waals surface area contributed by atoms with Gasteiger partial charge in [-0.15, -0.1) is 0 Å². The van der Waals surface area contributed by atoms with Crippen LogP contribution in [0.3, 0.4) is 0 Å². The molecule has 0 aliphatic heterocycles. The molecule has 144 valence electrons. The molecule has 1 aromatic heterocycles. The van der Waals surface area contributed by atoms with Crippen LogP contribution < -0.4 is 10.6 Å². The molecule has 0 aliphatic carbocycles. The number of benzene rings is 2. The van der Waals surface area contributed by atoms with Gasteiger partial charge in [0.1, 0.15) is 11.3 Å². The van der Waals surface area contributed by atoms with Gasteiger partial charge in [0.2, 0.25) is 0 Å². The molecule has 0 atom stereocenters. The van der Waals surface area contributed by atoms with Gasteiger partial charge < -0.3 is 14.6 Å². The first-order valence-corrected chi connectivity index (χ1v) is 8.72. The molecule has 28 heavy (non-hydrogen) atoms. The van der Waals surface area contributed by atoms with Gasteiger partial charge in [-0.2, -0.15) is 5.26 Å². The number of hydrogen-bond acceptors (Lipinski definition) is 5. The molecular weight excluding hydrogens is 361 g/mol. The first-order chi connectivity index (χ1) is 13.5. The number of ether oxygens (including phenoxy) is 1. The van der Waals surface area contributed by atoms with Crippen molar-refractivity contribution in [3.63, 3.8) is 0 Å². The van der Waals surface area contributed by atoms with E-state index >= 15 is 0 Å². The van der Waals surface area contributed by atoms with Crippen molar-refractivity contribution in [1.29, 1.82) is 5.26 Å². The average Bonchev–Trinajstić information content (AvgIpc) is 3.07. The standard InChI is InChI=1S/C20H20FN5O2/c1-4-13-5-12(9-22)6-16(21)15(13)10-23-14-7-17(25-20(27)28-3)19-18(8-14)26(2)11-24-19/h5-8,11,23H,4,10H2,1-3H3,(H,25,27). The Kier molecular flexibility index (Phi) is 5.45. The fourth-order valence-corrected chi connectivity index (χ4v) is 3.05. The van der Waals surface area contributed by atoms with Crippen LogP contribution in [-0.4, -0.2) is 22.8 Å². The molecule has 0 aliphatic rings. The van der Waals surface area contributed by atoms with Gasteiger partial charge in [0.25, 0.3) is 0 Å². The molecule has 1 heterocycles. The van der Waals surface area contributed by atoms with Crippen LogP contribution in [0.5, 0.6) is 0 Å². The first-order valence-electron chi connectivity index (χ1n) is 8.72. The number of imidazole rings is 1. The van der Waals surface area contributed by atoms with Gasteiger partial charge in [-0.3, -0.25) is 5.32 Å². The number of carbonyl (C=O) groups is 1. The number of rotatable bonds is 5. The lowest BCUT2D eigenvalue weighted by Crippen LogP contribution is -2.12. The van der Waals surface area contributed by atoms with E-state index in [-0.39, 0.29) is 6.54 Å². The lowest BCUT2D eigenvalue weighted by molar-refractivity contribution is 0.187. The van der Waals surface area contributed by atoms with E-state index in [0.717, 1.165) is 11.1 Å². The van der Waals surface area contributed by atoms with Crippen LogP contribution in [0, 0.1) is 17.1 Å². The topological polar surface area (TPSA) is 92.0 Å². The van der Waals surface area contributed by atoms with E-state index in [2.05, 4.69) is 20.4 Å². The van der Waals surface area contributed by atoms with Gasteiger partial charge in [0.15, 0.2) is 0 Å². The van der Waals surface area contributed by atoms with Gasteiger partial charge in [-0.05, 0) is 36.2 Å². The molecule has 2 aromatic carbocycles. The van der Waals surface area contributed by atoms with E-state index < -0.39 is 11.9 Å². The zero-order valence-electron chi connectivity index (χ0n) is 15.8. The van der Waals surface area contributed by atoms with Gasteiger partial charge >= 0.3 is 6.09 Å². The fourth-order valence-electron chi connectivity index (χ4n) is 3.05. The number of aromatic nitrogens is 2. The van der Waals surface area contributed by atoms with Gasteiger partial charge in [0, 0.05) is 24.8 Å². The monoisotopic (exact) mass is 381 g/mol. The number of halogens is 1. The number of methoxy groups -OCH3 is 1. The quantitative estimate of drug-likeness (QED) is 0.698. The normalized spacial score (nSPS) is 10.5. The van der Waals surface area contributed by atoms with Crippen molar-refractivity contribution in [1.82, 2.24) is 9.55 Å². The second-order valence-electron chi connectivity index (χ2n) is 6.28. The Hall–Kier alpha value is -3.60. The van der Waals surface area contributed by atoms with E-state index in [1.54, 1.807) is 18.5 Å². The summed E-state index contributed by atoms with van der Waals surface area (Å²) in [5, 5.41) is 14.9. The minimum Gasteiger partial charge on any atom is -0.453 e. The molecule has 7 nitrogen and oxygen atoms in total. The molecule has 8 heteroatoms. The molecule has 0 bridgehead atoms. The number of nitrogens with one attached hydrogen (secondary N) is 2. The first kappa shape index (κ1) is 19.2. The summed E-state index contributed by atoms with van der Waals surface area (Å²) in [5.74, 6) is -0.419. The summed E-state index contributed by atoms with van der Waals surface area (Å²) in [6.45, 7) is 2.15. The Balaban J connectivity index is 1.94. The molecule has 1 amide bonds. The zero-order valence-corrected chi connectivity index (χ0v) is 15.8. The summed E-state index contributed by atoms with van der Waals surface area (Å²) in [4.78, 5) is 15.9. The predicted octanol–water partition coefficient (Wildman–Crippen LogP) is 3.94. The maximum absolute atomic E-state index is 14.5. The molecule has 3 aromatic rings. The van der Waals surface area contributed by atoms with Crippen LogP contribution >= 0.6 is 0 Å². The van der Waals surface area contributed by atoms with Crippen molar-refractivity contribution in [2.45, 2.75) is 19.9 Å². The molecular formula is C20H20FN5O2. The zero-order chi connectivity index (χ0) is 20.3. The molecule has 0 unspecified atom stereocenters. The third-order valence-electron chi connectivity index (χ3n) is 4.52. The third kappa shape index (κ3) is 3.74. The van der Waals surface area contributed by atoms with E-state index in [1.807, 2.05) is 30.7 Å². The number of hydrogen-bond donors (Lipinski definition) is 2. The van der Waals surface area contributed by atoms with Gasteiger partial charge in [-0.25, -0.2) is 14.2 Å². The van der Waals surface area contributed by atoms with Crippen molar-refractivity contribution >= 4 is 28.5 Å². The predicted molar refractivity (Wildman–Crippen MR) is 105 cm³/mol. The molecule has 0 radical (unpaired) electrons. The Bertz CT molecular complexity index is 1080. The summed E-state index contributed by atoms with van der Waals surface area (Å²) in [6, 6.07) is 8.51. The van der Waals surface area contributed by atoms with Crippen LogP contribution in [0.2, 0.25) is 0 Å². The van der Waals surface area contributed by atoms with E-state index in [9.17, 15) is 9.18 Å². The van der Waals surface area contributed by atoms with E-state index in [1.165, 1.54) is 13.2 Å². The minimum absolute atomic E-state index is 0.238. The molecule has 2 N–H and O–H groups in total. The van der Waals surface area contributed by atoms with Crippen LogP contribution in [0.4, 0.5) is 20.6 Å². The summed E-state index contributed by atoms with van der Waals surface area (Å²) in [6.07, 6.45) is 1.65. The van der Waals surface area contributed by atoms with Crippen molar-refractivity contribution in [2.75, 3.05) is 17.7 Å². The summed E-state index contributed by atoms with van der Waals surface area (Å²) in [7, 11) is 3.13. The second-order valence-corrected chi connectivity index (χ2v) is 6.28. The number of nitrogens with zero attached hydrogens (tertiary/aromatic N) is 3. The summed E-state index contributed by atoms with van der Waals surface area (Å²) in [5.41, 5.74) is 4.19. The van der Waals surface area contributed by atoms with Crippen molar-refractivity contribution in [3.8, 4) is 6.07 Å². The Morgan fingerprint density at radius 2 is 2.14 bits per heavy atom. The highest BCUT2D eigenvalue weighted by Crippen LogP contribution is 2.28. The summed E-state index contributed by atoms with van der Waals surface area (Å²) < 4.78 is 21.0. The van der Waals surface area contributed by atoms with E-state index in [0.29, 0.717) is 34.4 Å². The fraction of sp³-hybridized carbons (Fsp3) is 0.250. The highest BCUT2D eigenvalue weighted by atomic mass is 19.1. The number of nitriles is 1. The SMILES string of the molecule is CCc1cc(C#N)cc(F)c1CNc1cc(NC(=O)OC)c2ncn(C)c2c1. The molecule has 3 rings (SSSR count). The molecule has 0 saturated heterocycles. The molecule has 0 fully saturated rings. The van der Waals surface area contributed by atoms with Crippen LogP contribution in [-0.2, 0) is 24.8 Å². The lowest BCUT2D eigenvalue weighted by atomic mass is 10.0. The Morgan fingerprint density at radius 3 is 2.82 bits per heavy atom. The van der Waals surface area contributed by atoms with Crippen LogP contribution in [0.25, 0.3) is 11.0 Å². The number of anilines is 2. The highest BCUT2D eigenvalue weighted by Gasteiger charge is 2.14.